The maximum Gasteiger partial charge on any atom is 0.305 e. The van der Waals surface area contributed by atoms with Gasteiger partial charge in [-0.3, -0.25) is 4.79 Å². The topological polar surface area (TPSA) is 83.5 Å². The van der Waals surface area contributed by atoms with E-state index in [4.69, 9.17) is 23.4 Å². The summed E-state index contributed by atoms with van der Waals surface area (Å²) >= 11 is 1.48. The maximum atomic E-state index is 11.5. The zero-order valence-electron chi connectivity index (χ0n) is 23.8. The van der Waals surface area contributed by atoms with E-state index in [0.717, 1.165) is 0 Å². The molecule has 0 aliphatic carbocycles. The minimum absolute atomic E-state index is 0.183. The third kappa shape index (κ3) is 6.61. The molecule has 5 atom stereocenters. The van der Waals surface area contributed by atoms with Gasteiger partial charge < -0.3 is 28.5 Å². The second kappa shape index (κ2) is 12.4. The highest BCUT2D eigenvalue weighted by Crippen LogP contribution is 2.42. The maximum absolute atomic E-state index is 11.5. The second-order valence-electron chi connectivity index (χ2n) is 11.6. The zero-order chi connectivity index (χ0) is 28.3. The number of rotatable bonds is 10. The molecule has 0 amide bonds. The molecule has 0 saturated carbocycles. The Morgan fingerprint density at radius 2 is 1.56 bits per heavy atom. The van der Waals surface area contributed by atoms with E-state index in [-0.39, 0.29) is 11.0 Å². The molecule has 7 nitrogen and oxygen atoms in total. The molecule has 2 fully saturated rings. The van der Waals surface area contributed by atoms with E-state index in [1.807, 2.05) is 26.0 Å². The molecule has 9 heteroatoms. The van der Waals surface area contributed by atoms with Gasteiger partial charge in [0.2, 0.25) is 0 Å². The first-order valence-corrected chi connectivity index (χ1v) is 16.6. The van der Waals surface area contributed by atoms with E-state index in [0.29, 0.717) is 25.2 Å². The molecule has 2 saturated heterocycles. The van der Waals surface area contributed by atoms with Crippen LogP contribution < -0.4 is 10.4 Å². The van der Waals surface area contributed by atoms with Crippen LogP contribution in [-0.2, 0) is 28.2 Å². The summed E-state index contributed by atoms with van der Waals surface area (Å²) in [4.78, 5) is 11.5. The van der Waals surface area contributed by atoms with Gasteiger partial charge in [-0.15, -0.1) is 11.8 Å². The molecular weight excluding hydrogens is 532 g/mol. The predicted molar refractivity (Wildman–Crippen MR) is 156 cm³/mol. The summed E-state index contributed by atoms with van der Waals surface area (Å²) in [5.74, 6) is -0.452. The first-order chi connectivity index (χ1) is 18.5. The molecule has 0 bridgehead atoms. The van der Waals surface area contributed by atoms with Crippen molar-refractivity contribution in [3.63, 3.8) is 0 Å². The predicted octanol–water partition coefficient (Wildman–Crippen LogP) is 3.86. The number of carbonyl (C=O) groups excluding carboxylic acids is 1. The molecule has 214 valence electrons. The standard InChI is InChI=1S/C30H42O7SSi/c1-29(2,3)39(21-14-9-7-10-15-21,22-16-11-8-12-17-22)34-20-23-26-27(37-30(4,5)36-26)25(32)28(35-23)38-19-13-18-24(31)33-6/h7-12,14-17,23,25-28,32H,13,18-20H2,1-6H3/t23-,25-,26+,27-,28+/m1/s1. The van der Waals surface area contributed by atoms with E-state index in [1.165, 1.54) is 29.2 Å². The number of ether oxygens (including phenoxy) is 4. The van der Waals surface area contributed by atoms with Gasteiger partial charge >= 0.3 is 5.97 Å². The molecular formula is C30H42O7SSi. The Labute approximate surface area is 237 Å². The highest BCUT2D eigenvalue weighted by atomic mass is 32.2. The Morgan fingerprint density at radius 3 is 2.10 bits per heavy atom. The lowest BCUT2D eigenvalue weighted by molar-refractivity contribution is -0.166. The highest BCUT2D eigenvalue weighted by molar-refractivity contribution is 7.99. The lowest BCUT2D eigenvalue weighted by Gasteiger charge is -2.45. The molecule has 2 aliphatic rings. The number of fused-ring (bicyclic) bond motifs is 1. The molecule has 0 spiro atoms. The summed E-state index contributed by atoms with van der Waals surface area (Å²) in [5, 5.41) is 13.4. The number of thioether (sulfide) groups is 1. The number of esters is 1. The van der Waals surface area contributed by atoms with Gasteiger partial charge in [0, 0.05) is 6.42 Å². The molecule has 4 rings (SSSR count). The summed E-state index contributed by atoms with van der Waals surface area (Å²) in [6.45, 7) is 10.7. The highest BCUT2D eigenvalue weighted by Gasteiger charge is 2.56. The Bertz CT molecular complexity index is 1040. The van der Waals surface area contributed by atoms with Crippen molar-refractivity contribution in [1.82, 2.24) is 0 Å². The summed E-state index contributed by atoms with van der Waals surface area (Å²) in [6.07, 6.45) is -1.38. The van der Waals surface area contributed by atoms with Gasteiger partial charge in [0.05, 0.1) is 13.7 Å². The van der Waals surface area contributed by atoms with Crippen molar-refractivity contribution in [2.24, 2.45) is 0 Å². The Balaban J connectivity index is 1.61. The van der Waals surface area contributed by atoms with Crippen LogP contribution in [0.5, 0.6) is 0 Å². The molecule has 2 aromatic rings. The first kappa shape index (κ1) is 30.2. The van der Waals surface area contributed by atoms with Crippen LogP contribution in [0.3, 0.4) is 0 Å². The van der Waals surface area contributed by atoms with Crippen molar-refractivity contribution in [3.8, 4) is 0 Å². The summed E-state index contributed by atoms with van der Waals surface area (Å²) in [6, 6.07) is 21.0. The monoisotopic (exact) mass is 574 g/mol. The van der Waals surface area contributed by atoms with Crippen LogP contribution in [0.2, 0.25) is 5.04 Å². The minimum atomic E-state index is -2.80. The first-order valence-electron chi connectivity index (χ1n) is 13.6. The van der Waals surface area contributed by atoms with Gasteiger partial charge in [0.1, 0.15) is 29.9 Å². The van der Waals surface area contributed by atoms with E-state index in [2.05, 4.69) is 69.3 Å². The Morgan fingerprint density at radius 1 is 1.00 bits per heavy atom. The number of aliphatic hydroxyl groups excluding tert-OH is 1. The molecule has 0 aromatic heterocycles. The number of aliphatic hydroxyl groups is 1. The van der Waals surface area contributed by atoms with Crippen molar-refractivity contribution in [2.75, 3.05) is 19.5 Å². The van der Waals surface area contributed by atoms with E-state index in [1.54, 1.807) is 0 Å². The third-order valence-corrected chi connectivity index (χ3v) is 13.6. The second-order valence-corrected chi connectivity index (χ2v) is 17.1. The summed E-state index contributed by atoms with van der Waals surface area (Å²) in [7, 11) is -1.41. The quantitative estimate of drug-likeness (QED) is 0.260. The van der Waals surface area contributed by atoms with Gasteiger partial charge in [-0.2, -0.15) is 0 Å². The van der Waals surface area contributed by atoms with E-state index in [9.17, 15) is 9.90 Å². The summed E-state index contributed by atoms with van der Waals surface area (Å²) in [5.41, 5.74) is -0.533. The number of carbonyl (C=O) groups is 1. The van der Waals surface area contributed by atoms with Crippen molar-refractivity contribution >= 4 is 36.4 Å². The van der Waals surface area contributed by atoms with Crippen molar-refractivity contribution < 1.29 is 33.3 Å². The van der Waals surface area contributed by atoms with Gasteiger partial charge in [-0.25, -0.2) is 0 Å². The van der Waals surface area contributed by atoms with Gasteiger partial charge in [-0.1, -0.05) is 81.4 Å². The van der Waals surface area contributed by atoms with Gasteiger partial charge in [-0.05, 0) is 41.4 Å². The lowest BCUT2D eigenvalue weighted by Crippen LogP contribution is -2.68. The molecule has 2 aliphatic heterocycles. The molecule has 0 radical (unpaired) electrons. The van der Waals surface area contributed by atoms with Crippen LogP contribution in [0.1, 0.15) is 47.5 Å². The van der Waals surface area contributed by atoms with Crippen LogP contribution >= 0.6 is 11.8 Å². The molecule has 1 N–H and O–H groups in total. The number of hydrogen-bond donors (Lipinski definition) is 1. The Kier molecular flexibility index (Phi) is 9.63. The fraction of sp³-hybridized carbons (Fsp3) is 0.567. The number of hydrogen-bond acceptors (Lipinski definition) is 8. The fourth-order valence-corrected chi connectivity index (χ4v) is 11.3. The lowest BCUT2D eigenvalue weighted by atomic mass is 10.0. The van der Waals surface area contributed by atoms with Crippen LogP contribution in [-0.4, -0.2) is 74.5 Å². The van der Waals surface area contributed by atoms with Gasteiger partial charge in [0.15, 0.2) is 5.79 Å². The van der Waals surface area contributed by atoms with Crippen LogP contribution in [0.4, 0.5) is 0 Å². The minimum Gasteiger partial charge on any atom is -0.469 e. The average Bonchev–Trinajstić information content (AvgIpc) is 3.25. The third-order valence-electron chi connectivity index (χ3n) is 7.37. The van der Waals surface area contributed by atoms with Crippen LogP contribution in [0.15, 0.2) is 60.7 Å². The smallest absolute Gasteiger partial charge is 0.305 e. The van der Waals surface area contributed by atoms with Crippen LogP contribution in [0, 0.1) is 0 Å². The summed E-state index contributed by atoms with van der Waals surface area (Å²) < 4.78 is 30.9. The normalized spacial score (nSPS) is 26.7. The SMILES string of the molecule is COC(=O)CCCS[C@@H]1O[C@H](CO[Si](c2ccccc2)(c2ccccc2)C(C)(C)C)[C@@H]2OC(C)(C)O[C@@H]2[C@H]1O. The van der Waals surface area contributed by atoms with Crippen molar-refractivity contribution in [3.05, 3.63) is 60.7 Å². The van der Waals surface area contributed by atoms with Gasteiger partial charge in [0.25, 0.3) is 8.32 Å². The molecule has 39 heavy (non-hydrogen) atoms. The van der Waals surface area contributed by atoms with Crippen LogP contribution in [0.25, 0.3) is 0 Å². The fourth-order valence-electron chi connectivity index (χ4n) is 5.61. The van der Waals surface area contributed by atoms with Crippen molar-refractivity contribution in [1.29, 1.82) is 0 Å². The average molecular weight is 575 g/mol. The molecule has 2 heterocycles. The number of benzene rings is 2. The molecule has 0 unspecified atom stereocenters. The largest absolute Gasteiger partial charge is 0.469 e. The zero-order valence-corrected chi connectivity index (χ0v) is 25.6. The van der Waals surface area contributed by atoms with E-state index >= 15 is 0 Å². The van der Waals surface area contributed by atoms with Crippen molar-refractivity contribution in [2.45, 2.75) is 88.1 Å². The van der Waals surface area contributed by atoms with E-state index < -0.39 is 44.0 Å². The molecule has 2 aromatic carbocycles. The number of methoxy groups -OCH3 is 1. The Hall–Kier alpha value is -1.72.